The van der Waals surface area contributed by atoms with Gasteiger partial charge in [0.05, 0.1) is 25.1 Å². The molecule has 4 rings (SSSR count). The van der Waals surface area contributed by atoms with Crippen molar-refractivity contribution < 1.29 is 19.4 Å². The zero-order chi connectivity index (χ0) is 13.9. The van der Waals surface area contributed by atoms with Crippen molar-refractivity contribution in [2.45, 2.75) is 18.2 Å². The summed E-state index contributed by atoms with van der Waals surface area (Å²) >= 11 is 1.59. The number of nitrogens with zero attached hydrogens (tertiary/aromatic N) is 1. The summed E-state index contributed by atoms with van der Waals surface area (Å²) < 4.78 is 5.83. The lowest BCUT2D eigenvalue weighted by molar-refractivity contribution is -0.148. The molecule has 0 saturated carbocycles. The summed E-state index contributed by atoms with van der Waals surface area (Å²) in [5, 5.41) is 11.3. The van der Waals surface area contributed by atoms with Gasteiger partial charge in [0.25, 0.3) is 0 Å². The lowest BCUT2D eigenvalue weighted by Crippen LogP contribution is -2.39. The molecule has 0 radical (unpaired) electrons. The van der Waals surface area contributed by atoms with Crippen LogP contribution >= 0.6 is 11.3 Å². The van der Waals surface area contributed by atoms with Gasteiger partial charge < -0.3 is 14.7 Å². The highest BCUT2D eigenvalue weighted by Crippen LogP contribution is 2.52. The van der Waals surface area contributed by atoms with Crippen LogP contribution in [0.15, 0.2) is 29.7 Å². The molecule has 20 heavy (non-hydrogen) atoms. The SMILES string of the molecule is O=C(O)[C@H]1[C@@H]2C=C[C@@]3(CN(Cc4cccs4)C(=O)[C@@H]13)O2. The van der Waals surface area contributed by atoms with Crippen molar-refractivity contribution in [1.82, 2.24) is 4.90 Å². The smallest absolute Gasteiger partial charge is 0.310 e. The van der Waals surface area contributed by atoms with E-state index in [0.717, 1.165) is 4.88 Å². The largest absolute Gasteiger partial charge is 0.481 e. The first-order valence-corrected chi connectivity index (χ1v) is 7.40. The molecule has 3 aliphatic rings. The second-order valence-corrected chi connectivity index (χ2v) is 6.54. The molecule has 1 spiro atoms. The van der Waals surface area contributed by atoms with Crippen molar-refractivity contribution in [3.63, 3.8) is 0 Å². The predicted molar refractivity (Wildman–Crippen MR) is 71.1 cm³/mol. The molecule has 1 aromatic heterocycles. The maximum atomic E-state index is 12.6. The summed E-state index contributed by atoms with van der Waals surface area (Å²) in [5.41, 5.74) is -0.720. The van der Waals surface area contributed by atoms with Crippen LogP contribution in [0, 0.1) is 11.8 Å². The molecule has 2 bridgehead atoms. The van der Waals surface area contributed by atoms with E-state index in [1.54, 1.807) is 22.3 Å². The van der Waals surface area contributed by atoms with E-state index in [-0.39, 0.29) is 5.91 Å². The summed E-state index contributed by atoms with van der Waals surface area (Å²) in [7, 11) is 0. The highest BCUT2D eigenvalue weighted by atomic mass is 32.1. The molecular weight excluding hydrogens is 278 g/mol. The van der Waals surface area contributed by atoms with E-state index >= 15 is 0 Å². The molecule has 6 heteroatoms. The van der Waals surface area contributed by atoms with Gasteiger partial charge in [0.2, 0.25) is 5.91 Å². The van der Waals surface area contributed by atoms with Gasteiger partial charge in [-0.15, -0.1) is 11.3 Å². The molecule has 0 aliphatic carbocycles. The number of fused-ring (bicyclic) bond motifs is 1. The quantitative estimate of drug-likeness (QED) is 0.847. The molecule has 104 valence electrons. The fraction of sp³-hybridized carbons (Fsp3) is 0.429. The number of aliphatic carboxylic acids is 1. The molecule has 1 aromatic rings. The van der Waals surface area contributed by atoms with Gasteiger partial charge in [0.15, 0.2) is 0 Å². The lowest BCUT2D eigenvalue weighted by atomic mass is 9.77. The highest BCUT2D eigenvalue weighted by molar-refractivity contribution is 7.09. The number of hydrogen-bond acceptors (Lipinski definition) is 4. The van der Waals surface area contributed by atoms with Gasteiger partial charge in [0.1, 0.15) is 11.5 Å². The Morgan fingerprint density at radius 1 is 1.60 bits per heavy atom. The van der Waals surface area contributed by atoms with Crippen LogP contribution < -0.4 is 0 Å². The Morgan fingerprint density at radius 3 is 3.15 bits per heavy atom. The Hall–Kier alpha value is -1.66. The molecule has 1 N–H and O–H groups in total. The number of carboxylic acids is 1. The third kappa shape index (κ3) is 1.46. The number of hydrogen-bond donors (Lipinski definition) is 1. The number of amides is 1. The third-order valence-electron chi connectivity index (χ3n) is 4.39. The van der Waals surface area contributed by atoms with Gasteiger partial charge in [-0.25, -0.2) is 0 Å². The number of ether oxygens (including phenoxy) is 1. The monoisotopic (exact) mass is 291 g/mol. The van der Waals surface area contributed by atoms with E-state index in [2.05, 4.69) is 0 Å². The minimum absolute atomic E-state index is 0.0994. The molecule has 3 aliphatic heterocycles. The van der Waals surface area contributed by atoms with Gasteiger partial charge in [-0.2, -0.15) is 0 Å². The number of likely N-dealkylation sites (tertiary alicyclic amines) is 1. The summed E-state index contributed by atoms with van der Waals surface area (Å²) in [6.07, 6.45) is 3.22. The molecule has 2 fully saturated rings. The molecule has 2 saturated heterocycles. The van der Waals surface area contributed by atoms with Crippen LogP contribution in [0.1, 0.15) is 4.88 Å². The van der Waals surface area contributed by atoms with Crippen LogP contribution in [0.3, 0.4) is 0 Å². The Labute approximate surface area is 119 Å². The van der Waals surface area contributed by atoms with E-state index in [4.69, 9.17) is 4.74 Å². The first-order valence-electron chi connectivity index (χ1n) is 6.52. The summed E-state index contributed by atoms with van der Waals surface area (Å²) in [5.74, 6) is -2.37. The first-order chi connectivity index (χ1) is 9.61. The third-order valence-corrected chi connectivity index (χ3v) is 5.25. The van der Waals surface area contributed by atoms with Crippen molar-refractivity contribution in [3.05, 3.63) is 34.5 Å². The standard InChI is InChI=1S/C14H13NO4S/c16-12-11-10(13(17)18)9-3-4-14(11,19-9)7-15(12)6-8-2-1-5-20-8/h1-5,9-11H,6-7H2,(H,17,18)/t9-,10-,11+,14-/m0/s1. The van der Waals surface area contributed by atoms with Crippen LogP contribution in [0.5, 0.6) is 0 Å². The average molecular weight is 291 g/mol. The van der Waals surface area contributed by atoms with E-state index in [0.29, 0.717) is 13.1 Å². The van der Waals surface area contributed by atoms with Crippen LogP contribution in [-0.4, -0.2) is 40.1 Å². The zero-order valence-electron chi connectivity index (χ0n) is 10.6. The lowest BCUT2D eigenvalue weighted by Gasteiger charge is -2.21. The van der Waals surface area contributed by atoms with Gasteiger partial charge in [-0.05, 0) is 11.4 Å². The van der Waals surface area contributed by atoms with Crippen LogP contribution in [0.25, 0.3) is 0 Å². The molecule has 5 nitrogen and oxygen atoms in total. The Kier molecular flexibility index (Phi) is 2.38. The second kappa shape index (κ2) is 3.93. The predicted octanol–water partition coefficient (Wildman–Crippen LogP) is 1.11. The number of carboxylic acid groups (broad SMARTS) is 1. The summed E-state index contributed by atoms with van der Waals surface area (Å²) in [6.45, 7) is 0.980. The topological polar surface area (TPSA) is 66.8 Å². The van der Waals surface area contributed by atoms with Crippen LogP contribution in [-0.2, 0) is 20.9 Å². The fourth-order valence-electron chi connectivity index (χ4n) is 3.58. The second-order valence-electron chi connectivity index (χ2n) is 5.51. The minimum Gasteiger partial charge on any atom is -0.481 e. The molecule has 4 atom stereocenters. The van der Waals surface area contributed by atoms with E-state index in [1.165, 1.54) is 0 Å². The maximum Gasteiger partial charge on any atom is 0.310 e. The number of thiophene rings is 1. The molecular formula is C14H13NO4S. The summed E-state index contributed by atoms with van der Waals surface area (Å²) in [4.78, 5) is 26.8. The zero-order valence-corrected chi connectivity index (χ0v) is 11.4. The van der Waals surface area contributed by atoms with Gasteiger partial charge in [0, 0.05) is 4.88 Å². The average Bonchev–Trinajstić information content (AvgIpc) is 3.12. The first kappa shape index (κ1) is 12.1. The van der Waals surface area contributed by atoms with Gasteiger partial charge >= 0.3 is 5.97 Å². The van der Waals surface area contributed by atoms with E-state index < -0.39 is 29.5 Å². The molecule has 1 amide bonds. The normalized spacial score (nSPS) is 37.7. The van der Waals surface area contributed by atoms with Crippen molar-refractivity contribution in [2.75, 3.05) is 6.54 Å². The van der Waals surface area contributed by atoms with Crippen molar-refractivity contribution in [1.29, 1.82) is 0 Å². The highest BCUT2D eigenvalue weighted by Gasteiger charge is 2.66. The molecule has 0 unspecified atom stereocenters. The van der Waals surface area contributed by atoms with E-state index in [1.807, 2.05) is 23.6 Å². The number of carbonyl (C=O) groups excluding carboxylic acids is 1. The fourth-order valence-corrected chi connectivity index (χ4v) is 4.30. The molecule has 0 aromatic carbocycles. The molecule has 4 heterocycles. The van der Waals surface area contributed by atoms with Crippen LogP contribution in [0.4, 0.5) is 0 Å². The van der Waals surface area contributed by atoms with E-state index in [9.17, 15) is 14.7 Å². The van der Waals surface area contributed by atoms with Gasteiger partial charge in [-0.3, -0.25) is 9.59 Å². The number of rotatable bonds is 3. The van der Waals surface area contributed by atoms with Gasteiger partial charge in [-0.1, -0.05) is 18.2 Å². The summed E-state index contributed by atoms with van der Waals surface area (Å²) in [6, 6.07) is 3.92. The minimum atomic E-state index is -0.947. The maximum absolute atomic E-state index is 12.6. The Bertz CT molecular complexity index is 611. The van der Waals surface area contributed by atoms with Crippen molar-refractivity contribution in [2.24, 2.45) is 11.8 Å². The Balaban J connectivity index is 1.65. The van der Waals surface area contributed by atoms with Crippen molar-refractivity contribution >= 4 is 23.2 Å². The number of carbonyl (C=O) groups is 2. The Morgan fingerprint density at radius 2 is 2.45 bits per heavy atom. The van der Waals surface area contributed by atoms with Crippen LogP contribution in [0.2, 0.25) is 0 Å². The van der Waals surface area contributed by atoms with Crippen molar-refractivity contribution in [3.8, 4) is 0 Å².